The van der Waals surface area contributed by atoms with E-state index < -0.39 is 0 Å². The zero-order valence-electron chi connectivity index (χ0n) is 6.32. The van der Waals surface area contributed by atoms with Crippen LogP contribution in [0.2, 0.25) is 0 Å². The van der Waals surface area contributed by atoms with Crippen LogP contribution < -0.4 is 0 Å². The fourth-order valence-electron chi connectivity index (χ4n) is 0.716. The van der Waals surface area contributed by atoms with Crippen LogP contribution in [0.5, 0.6) is 0 Å². The van der Waals surface area contributed by atoms with Gasteiger partial charge in [0.2, 0.25) is 0 Å². The smallest absolute Gasteiger partial charge is 0.100 e. The molecule has 0 aromatic rings. The molecule has 0 saturated carbocycles. The Morgan fingerprint density at radius 3 is 2.10 bits per heavy atom. The molecule has 10 heavy (non-hydrogen) atoms. The number of alkyl halides is 1. The SMILES string of the molecule is CC1=CC=C(F)CC1.CF. The summed E-state index contributed by atoms with van der Waals surface area (Å²) < 4.78 is 21.7. The maximum Gasteiger partial charge on any atom is 0.100 e. The second-order valence-corrected chi connectivity index (χ2v) is 2.13. The highest BCUT2D eigenvalue weighted by Crippen LogP contribution is 2.17. The summed E-state index contributed by atoms with van der Waals surface area (Å²) in [5, 5.41) is 0. The van der Waals surface area contributed by atoms with E-state index in [2.05, 4.69) is 0 Å². The van der Waals surface area contributed by atoms with E-state index in [1.807, 2.05) is 13.0 Å². The van der Waals surface area contributed by atoms with Crippen molar-refractivity contribution >= 4 is 0 Å². The topological polar surface area (TPSA) is 0 Å². The van der Waals surface area contributed by atoms with Gasteiger partial charge in [-0.15, -0.1) is 0 Å². The molecular formula is C8H12F2. The molecule has 0 fully saturated rings. The Hall–Kier alpha value is -0.660. The summed E-state index contributed by atoms with van der Waals surface area (Å²) in [5.41, 5.74) is 1.27. The van der Waals surface area contributed by atoms with Gasteiger partial charge in [-0.1, -0.05) is 11.6 Å². The Kier molecular flexibility index (Phi) is 4.81. The third-order valence-electron chi connectivity index (χ3n) is 1.31. The molecule has 0 N–H and O–H groups in total. The van der Waals surface area contributed by atoms with Crippen LogP contribution in [0.15, 0.2) is 23.6 Å². The number of halogens is 2. The fraction of sp³-hybridized carbons (Fsp3) is 0.500. The molecule has 1 aliphatic rings. The number of hydrogen-bond acceptors (Lipinski definition) is 0. The van der Waals surface area contributed by atoms with E-state index in [9.17, 15) is 8.78 Å². The van der Waals surface area contributed by atoms with E-state index in [-0.39, 0.29) is 5.83 Å². The predicted molar refractivity (Wildman–Crippen MR) is 39.2 cm³/mol. The lowest BCUT2D eigenvalue weighted by atomic mass is 10.1. The third kappa shape index (κ3) is 3.38. The molecule has 0 radical (unpaired) electrons. The first-order valence-electron chi connectivity index (χ1n) is 3.18. The van der Waals surface area contributed by atoms with Crippen LogP contribution in [0.3, 0.4) is 0 Å². The van der Waals surface area contributed by atoms with Gasteiger partial charge in [-0.25, -0.2) is 4.39 Å². The van der Waals surface area contributed by atoms with Gasteiger partial charge in [0, 0.05) is 6.42 Å². The molecule has 0 spiro atoms. The summed E-state index contributed by atoms with van der Waals surface area (Å²) >= 11 is 0. The van der Waals surface area contributed by atoms with Gasteiger partial charge in [-0.05, 0) is 19.4 Å². The zero-order valence-corrected chi connectivity index (χ0v) is 6.32. The second kappa shape index (κ2) is 5.15. The fourth-order valence-corrected chi connectivity index (χ4v) is 0.716. The van der Waals surface area contributed by atoms with Crippen molar-refractivity contribution in [3.8, 4) is 0 Å². The van der Waals surface area contributed by atoms with E-state index in [1.165, 1.54) is 5.57 Å². The minimum atomic E-state index is 0.00981. The molecule has 0 heterocycles. The summed E-state index contributed by atoms with van der Waals surface area (Å²) in [6.45, 7) is 2.02. The van der Waals surface area contributed by atoms with Crippen molar-refractivity contribution in [3.63, 3.8) is 0 Å². The van der Waals surface area contributed by atoms with Gasteiger partial charge in [-0.2, -0.15) is 0 Å². The number of rotatable bonds is 0. The van der Waals surface area contributed by atoms with Gasteiger partial charge in [0.05, 0.1) is 7.18 Å². The molecular weight excluding hydrogens is 134 g/mol. The maximum atomic E-state index is 12.2. The molecule has 1 aliphatic carbocycles. The summed E-state index contributed by atoms with van der Waals surface area (Å²) in [7, 11) is 0.500. The lowest BCUT2D eigenvalue weighted by Crippen LogP contribution is -1.84. The van der Waals surface area contributed by atoms with Crippen molar-refractivity contribution in [2.45, 2.75) is 19.8 Å². The van der Waals surface area contributed by atoms with Crippen LogP contribution in [0.25, 0.3) is 0 Å². The highest BCUT2D eigenvalue weighted by Gasteiger charge is 1.99. The van der Waals surface area contributed by atoms with Gasteiger partial charge in [0.15, 0.2) is 0 Å². The Labute approximate surface area is 60.2 Å². The maximum absolute atomic E-state index is 12.2. The van der Waals surface area contributed by atoms with Crippen molar-refractivity contribution in [1.29, 1.82) is 0 Å². The predicted octanol–water partition coefficient (Wildman–Crippen LogP) is 3.17. The standard InChI is InChI=1S/C7H9F.CH3F/c1-6-2-4-7(8)5-3-6;1-2/h2,4H,3,5H2,1H3;1H3. The molecule has 2 heteroatoms. The Bertz CT molecular complexity index is 127. The van der Waals surface area contributed by atoms with Crippen molar-refractivity contribution in [3.05, 3.63) is 23.6 Å². The summed E-state index contributed by atoms with van der Waals surface area (Å²) in [6.07, 6.45) is 4.86. The normalized spacial score (nSPS) is 16.4. The summed E-state index contributed by atoms with van der Waals surface area (Å²) in [4.78, 5) is 0. The zero-order chi connectivity index (χ0) is 7.98. The molecule has 1 rings (SSSR count). The van der Waals surface area contributed by atoms with Gasteiger partial charge in [-0.3, -0.25) is 4.39 Å². The number of allylic oxidation sites excluding steroid dienone is 4. The average molecular weight is 146 g/mol. The first-order valence-corrected chi connectivity index (χ1v) is 3.18. The van der Waals surface area contributed by atoms with Crippen molar-refractivity contribution < 1.29 is 8.78 Å². The highest BCUT2D eigenvalue weighted by molar-refractivity contribution is 5.18. The molecule has 0 atom stereocenters. The van der Waals surface area contributed by atoms with Crippen LogP contribution in [-0.4, -0.2) is 7.18 Å². The molecule has 0 nitrogen and oxygen atoms in total. The molecule has 0 saturated heterocycles. The van der Waals surface area contributed by atoms with Crippen molar-refractivity contribution in [1.82, 2.24) is 0 Å². The van der Waals surface area contributed by atoms with Crippen molar-refractivity contribution in [2.75, 3.05) is 7.18 Å². The summed E-state index contributed by atoms with van der Waals surface area (Å²) in [5.74, 6) is 0.00981. The molecule has 58 valence electrons. The summed E-state index contributed by atoms with van der Waals surface area (Å²) in [6, 6.07) is 0. The molecule has 0 aromatic carbocycles. The van der Waals surface area contributed by atoms with E-state index in [0.29, 0.717) is 13.6 Å². The first-order chi connectivity index (χ1) is 4.79. The number of hydrogen-bond donors (Lipinski definition) is 0. The largest absolute Gasteiger partial charge is 0.255 e. The van der Waals surface area contributed by atoms with E-state index in [0.717, 1.165) is 6.42 Å². The van der Waals surface area contributed by atoms with Crippen LogP contribution >= 0.6 is 0 Å². The molecule has 0 aromatic heterocycles. The molecule has 0 aliphatic heterocycles. The monoisotopic (exact) mass is 146 g/mol. The highest BCUT2D eigenvalue weighted by atomic mass is 19.1. The molecule has 0 bridgehead atoms. The second-order valence-electron chi connectivity index (χ2n) is 2.13. The first kappa shape index (κ1) is 9.34. The van der Waals surface area contributed by atoms with E-state index in [4.69, 9.17) is 0 Å². The van der Waals surface area contributed by atoms with E-state index in [1.54, 1.807) is 6.08 Å². The molecule has 0 unspecified atom stereocenters. The van der Waals surface area contributed by atoms with Crippen LogP contribution in [0.1, 0.15) is 19.8 Å². The minimum absolute atomic E-state index is 0.00981. The van der Waals surface area contributed by atoms with Crippen LogP contribution in [0, 0.1) is 0 Å². The van der Waals surface area contributed by atoms with Gasteiger partial charge >= 0.3 is 0 Å². The Balaban J connectivity index is 0.000000371. The van der Waals surface area contributed by atoms with Crippen LogP contribution in [-0.2, 0) is 0 Å². The third-order valence-corrected chi connectivity index (χ3v) is 1.31. The van der Waals surface area contributed by atoms with Gasteiger partial charge < -0.3 is 0 Å². The molecule has 0 amide bonds. The van der Waals surface area contributed by atoms with Crippen LogP contribution in [0.4, 0.5) is 8.78 Å². The van der Waals surface area contributed by atoms with E-state index >= 15 is 0 Å². The van der Waals surface area contributed by atoms with Gasteiger partial charge in [0.25, 0.3) is 0 Å². The Morgan fingerprint density at radius 1 is 1.20 bits per heavy atom. The lowest BCUT2D eigenvalue weighted by Gasteiger charge is -2.02. The quantitative estimate of drug-likeness (QED) is 0.492. The Morgan fingerprint density at radius 2 is 1.80 bits per heavy atom. The van der Waals surface area contributed by atoms with Crippen molar-refractivity contribution in [2.24, 2.45) is 0 Å². The lowest BCUT2D eigenvalue weighted by molar-refractivity contribution is 0.582. The average Bonchev–Trinajstić information content (AvgIpc) is 2.00. The minimum Gasteiger partial charge on any atom is -0.255 e. The van der Waals surface area contributed by atoms with Gasteiger partial charge in [0.1, 0.15) is 5.83 Å².